The number of hydrogen-bond acceptors (Lipinski definition) is 4. The lowest BCUT2D eigenvalue weighted by atomic mass is 9.70. The van der Waals surface area contributed by atoms with Crippen molar-refractivity contribution in [2.24, 2.45) is 0 Å². The molecular weight excluding hydrogens is 683 g/mol. The minimum Gasteiger partial charge on any atom is -0.455 e. The van der Waals surface area contributed by atoms with E-state index in [0.717, 1.165) is 49.8 Å². The van der Waals surface area contributed by atoms with Crippen LogP contribution in [0.3, 0.4) is 0 Å². The van der Waals surface area contributed by atoms with Crippen LogP contribution in [0.25, 0.3) is 89.5 Å². The van der Waals surface area contributed by atoms with Gasteiger partial charge in [-0.2, -0.15) is 0 Å². The van der Waals surface area contributed by atoms with Crippen LogP contribution in [0.4, 0.5) is 0 Å². The zero-order valence-electron chi connectivity index (χ0n) is 30.1. The monoisotopic (exact) mass is 713 g/mol. The van der Waals surface area contributed by atoms with Crippen LogP contribution in [-0.4, -0.2) is 15.0 Å². The summed E-state index contributed by atoms with van der Waals surface area (Å²) in [6.07, 6.45) is 0. The predicted octanol–water partition coefficient (Wildman–Crippen LogP) is 12.8. The molecule has 0 aliphatic heterocycles. The van der Waals surface area contributed by atoms with Crippen molar-refractivity contribution in [3.05, 3.63) is 210 Å². The van der Waals surface area contributed by atoms with E-state index >= 15 is 0 Å². The molecule has 4 nitrogen and oxygen atoms in total. The average molecular weight is 714 g/mol. The van der Waals surface area contributed by atoms with Crippen LogP contribution < -0.4 is 0 Å². The first-order valence-corrected chi connectivity index (χ1v) is 19.0. The number of nitrogens with zero attached hydrogens (tertiary/aromatic N) is 3. The first-order valence-electron chi connectivity index (χ1n) is 19.0. The van der Waals surface area contributed by atoms with E-state index in [1.165, 1.54) is 44.5 Å². The van der Waals surface area contributed by atoms with Gasteiger partial charge in [0.2, 0.25) is 0 Å². The van der Waals surface area contributed by atoms with Gasteiger partial charge in [-0.3, -0.25) is 0 Å². The largest absolute Gasteiger partial charge is 0.455 e. The van der Waals surface area contributed by atoms with Gasteiger partial charge in [0.1, 0.15) is 11.2 Å². The van der Waals surface area contributed by atoms with Gasteiger partial charge < -0.3 is 4.42 Å². The van der Waals surface area contributed by atoms with Crippen LogP contribution in [0.1, 0.15) is 22.3 Å². The number of furan rings is 1. The summed E-state index contributed by atoms with van der Waals surface area (Å²) in [6.45, 7) is 0. The summed E-state index contributed by atoms with van der Waals surface area (Å²) < 4.78 is 6.55. The van der Waals surface area contributed by atoms with Crippen molar-refractivity contribution in [1.82, 2.24) is 15.0 Å². The molecule has 2 heterocycles. The van der Waals surface area contributed by atoms with E-state index in [1.807, 2.05) is 24.3 Å². The van der Waals surface area contributed by atoms with Crippen molar-refractivity contribution in [3.8, 4) is 67.5 Å². The van der Waals surface area contributed by atoms with Gasteiger partial charge in [0, 0.05) is 21.9 Å². The molecule has 0 bridgehead atoms. The topological polar surface area (TPSA) is 51.8 Å². The molecule has 0 amide bonds. The SMILES string of the molecule is c1ccc(-c2ccccc2-c2nc(-c3ccc4c(c3)C3(c5ccccc5-c5ccccc53)c3ccccc3-4)nc(-c3cccc4c3oc3ccccc34)n2)cc1. The van der Waals surface area contributed by atoms with E-state index < -0.39 is 5.41 Å². The number of benzene rings is 8. The number of fused-ring (bicyclic) bond motifs is 13. The Bertz CT molecular complexity index is 3150. The molecule has 4 heteroatoms. The normalized spacial score (nSPS) is 13.1. The van der Waals surface area contributed by atoms with Crippen molar-refractivity contribution in [3.63, 3.8) is 0 Å². The van der Waals surface area contributed by atoms with Crippen molar-refractivity contribution < 1.29 is 4.42 Å². The molecular formula is C52H31N3O. The number of para-hydroxylation sites is 2. The van der Waals surface area contributed by atoms with Gasteiger partial charge in [0.05, 0.1) is 11.0 Å². The Morgan fingerprint density at radius 1 is 0.321 bits per heavy atom. The van der Waals surface area contributed by atoms with Gasteiger partial charge in [-0.15, -0.1) is 0 Å². The van der Waals surface area contributed by atoms with E-state index in [1.54, 1.807) is 0 Å². The van der Waals surface area contributed by atoms with E-state index in [9.17, 15) is 0 Å². The third-order valence-electron chi connectivity index (χ3n) is 11.8. The fourth-order valence-electron chi connectivity index (χ4n) is 9.45. The summed E-state index contributed by atoms with van der Waals surface area (Å²) in [5, 5.41) is 2.09. The standard InChI is InChI=1S/C52H31N3O/c1-2-15-32(16-3-1)34-17-4-5-22-41(34)50-53-49(54-51(55-50)42-24-14-23-40-39-21-9-13-28-47(39)56-48(40)42)33-29-30-38-37-20-8-12-27-45(37)52(46(38)31-33)43-25-10-6-18-35(43)36-19-7-11-26-44(36)52/h1-31H. The third-order valence-corrected chi connectivity index (χ3v) is 11.8. The van der Waals surface area contributed by atoms with Crippen LogP contribution in [0.15, 0.2) is 192 Å². The van der Waals surface area contributed by atoms with Crippen molar-refractivity contribution in [2.75, 3.05) is 0 Å². The summed E-state index contributed by atoms with van der Waals surface area (Å²) in [5.74, 6) is 1.77. The van der Waals surface area contributed by atoms with Crippen molar-refractivity contribution in [1.29, 1.82) is 0 Å². The first-order chi connectivity index (χ1) is 27.8. The van der Waals surface area contributed by atoms with E-state index in [2.05, 4.69) is 164 Å². The molecule has 8 aromatic carbocycles. The molecule has 10 aromatic rings. The van der Waals surface area contributed by atoms with Crippen LogP contribution in [0.2, 0.25) is 0 Å². The Balaban J connectivity index is 1.13. The summed E-state index contributed by atoms with van der Waals surface area (Å²) in [4.78, 5) is 15.9. The Morgan fingerprint density at radius 2 is 0.821 bits per heavy atom. The first kappa shape index (κ1) is 31.0. The van der Waals surface area contributed by atoms with Crippen molar-refractivity contribution >= 4 is 21.9 Å². The smallest absolute Gasteiger partial charge is 0.167 e. The van der Waals surface area contributed by atoms with Gasteiger partial charge in [0.25, 0.3) is 0 Å². The minimum atomic E-state index is -0.479. The second-order valence-electron chi connectivity index (χ2n) is 14.6. The molecule has 0 unspecified atom stereocenters. The second-order valence-corrected chi connectivity index (χ2v) is 14.6. The molecule has 0 radical (unpaired) electrons. The maximum Gasteiger partial charge on any atom is 0.167 e. The zero-order chi connectivity index (χ0) is 36.8. The highest BCUT2D eigenvalue weighted by atomic mass is 16.3. The number of rotatable bonds is 4. The maximum atomic E-state index is 6.55. The summed E-state index contributed by atoms with van der Waals surface area (Å²) in [6, 6.07) is 66.6. The highest BCUT2D eigenvalue weighted by Gasteiger charge is 2.51. The van der Waals surface area contributed by atoms with Gasteiger partial charge in [-0.25, -0.2) is 15.0 Å². The highest BCUT2D eigenvalue weighted by molar-refractivity contribution is 6.09. The molecule has 2 aliphatic rings. The maximum absolute atomic E-state index is 6.55. The zero-order valence-corrected chi connectivity index (χ0v) is 30.1. The molecule has 0 saturated carbocycles. The Labute approximate surface area is 323 Å². The number of aromatic nitrogens is 3. The van der Waals surface area contributed by atoms with E-state index in [-0.39, 0.29) is 0 Å². The van der Waals surface area contributed by atoms with Gasteiger partial charge >= 0.3 is 0 Å². The average Bonchev–Trinajstić information content (AvgIpc) is 3.91. The lowest BCUT2D eigenvalue weighted by Gasteiger charge is -2.30. The van der Waals surface area contributed by atoms with Gasteiger partial charge in [-0.1, -0.05) is 170 Å². The molecule has 2 aromatic heterocycles. The minimum absolute atomic E-state index is 0.479. The summed E-state index contributed by atoms with van der Waals surface area (Å²) >= 11 is 0. The molecule has 12 rings (SSSR count). The molecule has 0 N–H and O–H groups in total. The van der Waals surface area contributed by atoms with Crippen LogP contribution in [0, 0.1) is 0 Å². The van der Waals surface area contributed by atoms with E-state index in [4.69, 9.17) is 19.4 Å². The van der Waals surface area contributed by atoms with E-state index in [0.29, 0.717) is 17.5 Å². The Kier molecular flexibility index (Phi) is 6.52. The molecule has 0 saturated heterocycles. The Hall–Kier alpha value is -7.43. The lowest BCUT2D eigenvalue weighted by molar-refractivity contribution is 0.669. The van der Waals surface area contributed by atoms with Crippen LogP contribution in [-0.2, 0) is 5.41 Å². The molecule has 0 fully saturated rings. The molecule has 1 spiro atoms. The third kappa shape index (κ3) is 4.27. The van der Waals surface area contributed by atoms with Gasteiger partial charge in [0.15, 0.2) is 17.5 Å². The quantitative estimate of drug-likeness (QED) is 0.182. The molecule has 56 heavy (non-hydrogen) atoms. The fraction of sp³-hybridized carbons (Fsp3) is 0.0192. The van der Waals surface area contributed by atoms with Crippen LogP contribution in [0.5, 0.6) is 0 Å². The predicted molar refractivity (Wildman–Crippen MR) is 225 cm³/mol. The number of hydrogen-bond donors (Lipinski definition) is 0. The fourth-order valence-corrected chi connectivity index (χ4v) is 9.45. The lowest BCUT2D eigenvalue weighted by Crippen LogP contribution is -2.25. The second kappa shape index (κ2) is 11.8. The van der Waals surface area contributed by atoms with Gasteiger partial charge in [-0.05, 0) is 73.8 Å². The highest BCUT2D eigenvalue weighted by Crippen LogP contribution is 2.63. The molecule has 2 aliphatic carbocycles. The van der Waals surface area contributed by atoms with Crippen LogP contribution >= 0.6 is 0 Å². The summed E-state index contributed by atoms with van der Waals surface area (Å²) in [7, 11) is 0. The molecule has 260 valence electrons. The Morgan fingerprint density at radius 3 is 1.52 bits per heavy atom. The summed E-state index contributed by atoms with van der Waals surface area (Å²) in [5.41, 5.74) is 16.1. The van der Waals surface area contributed by atoms with Crippen molar-refractivity contribution in [2.45, 2.75) is 5.41 Å². The molecule has 0 atom stereocenters.